The van der Waals surface area contributed by atoms with Crippen LogP contribution in [0, 0.1) is 12.8 Å². The van der Waals surface area contributed by atoms with E-state index in [2.05, 4.69) is 27.5 Å². The average molecular weight is 377 g/mol. The Morgan fingerprint density at radius 3 is 2.48 bits per heavy atom. The summed E-state index contributed by atoms with van der Waals surface area (Å²) >= 11 is 3.69. The van der Waals surface area contributed by atoms with E-state index in [0.29, 0.717) is 18.8 Å². The van der Waals surface area contributed by atoms with Crippen molar-refractivity contribution in [3.8, 4) is 5.75 Å². The van der Waals surface area contributed by atoms with Gasteiger partial charge in [-0.1, -0.05) is 12.1 Å². The number of rotatable bonds is 6. The molecule has 0 atom stereocenters. The predicted octanol–water partition coefficient (Wildman–Crippen LogP) is 4.19. The van der Waals surface area contributed by atoms with Crippen LogP contribution >= 0.6 is 15.9 Å². The summed E-state index contributed by atoms with van der Waals surface area (Å²) < 4.78 is 14.5. The summed E-state index contributed by atoms with van der Waals surface area (Å²) in [5.41, 5.74) is 3.67. The Labute approximate surface area is 144 Å². The molecular formula is C18H21BrN2O2. The number of nitrogens with zero attached hydrogens (tertiary/aromatic N) is 2. The van der Waals surface area contributed by atoms with Gasteiger partial charge in [-0.2, -0.15) is 5.10 Å². The first-order chi connectivity index (χ1) is 11.1. The van der Waals surface area contributed by atoms with E-state index in [-0.39, 0.29) is 0 Å². The van der Waals surface area contributed by atoms with Crippen LogP contribution < -0.4 is 4.74 Å². The molecule has 3 fully saturated rings. The highest BCUT2D eigenvalue weighted by atomic mass is 79.9. The Bertz CT molecular complexity index is 706. The number of aromatic nitrogens is 2. The van der Waals surface area contributed by atoms with Crippen molar-refractivity contribution in [2.75, 3.05) is 7.11 Å². The molecule has 3 aliphatic carbocycles. The van der Waals surface area contributed by atoms with Gasteiger partial charge in [0.25, 0.3) is 0 Å². The quantitative estimate of drug-likeness (QED) is 0.758. The summed E-state index contributed by atoms with van der Waals surface area (Å²) in [5, 5.41) is 4.76. The van der Waals surface area contributed by atoms with E-state index in [9.17, 15) is 0 Å². The monoisotopic (exact) mass is 376 g/mol. The van der Waals surface area contributed by atoms with Crippen LogP contribution in [0.3, 0.4) is 0 Å². The molecular weight excluding hydrogens is 356 g/mol. The maximum atomic E-state index is 5.96. The molecule has 0 N–H and O–H groups in total. The Morgan fingerprint density at radius 1 is 1.22 bits per heavy atom. The highest BCUT2D eigenvalue weighted by Crippen LogP contribution is 2.62. The molecule has 0 aliphatic heterocycles. The lowest BCUT2D eigenvalue weighted by Crippen LogP contribution is -2.60. The summed E-state index contributed by atoms with van der Waals surface area (Å²) in [4.78, 5) is 0. The maximum absolute atomic E-state index is 5.96. The fourth-order valence-corrected chi connectivity index (χ4v) is 4.11. The van der Waals surface area contributed by atoms with Gasteiger partial charge in [-0.25, -0.2) is 0 Å². The molecule has 2 aromatic rings. The van der Waals surface area contributed by atoms with E-state index in [4.69, 9.17) is 14.6 Å². The first-order valence-electron chi connectivity index (χ1n) is 8.06. The largest absolute Gasteiger partial charge is 0.497 e. The summed E-state index contributed by atoms with van der Waals surface area (Å²) in [6.45, 7) is 3.23. The fraction of sp³-hybridized carbons (Fsp3) is 0.500. The van der Waals surface area contributed by atoms with Crippen molar-refractivity contribution in [3.63, 3.8) is 0 Å². The summed E-state index contributed by atoms with van der Waals surface area (Å²) in [6, 6.07) is 8.00. The normalized spacial score (nSPS) is 24.9. The van der Waals surface area contributed by atoms with Crippen molar-refractivity contribution in [1.82, 2.24) is 9.78 Å². The molecule has 23 heavy (non-hydrogen) atoms. The molecule has 5 rings (SSSR count). The molecule has 4 nitrogen and oxygen atoms in total. The Morgan fingerprint density at radius 2 is 1.91 bits per heavy atom. The lowest BCUT2D eigenvalue weighted by atomic mass is 9.50. The molecule has 0 radical (unpaired) electrons. The number of methoxy groups -OCH3 is 1. The van der Waals surface area contributed by atoms with Crippen molar-refractivity contribution < 1.29 is 9.47 Å². The van der Waals surface area contributed by atoms with Gasteiger partial charge < -0.3 is 9.47 Å². The Balaban J connectivity index is 1.44. The van der Waals surface area contributed by atoms with Gasteiger partial charge in [0.05, 0.1) is 41.7 Å². The van der Waals surface area contributed by atoms with Crippen LogP contribution in [0.4, 0.5) is 0 Å². The van der Waals surface area contributed by atoms with Gasteiger partial charge in [0.1, 0.15) is 5.75 Å². The number of hydrogen-bond donors (Lipinski definition) is 0. The van der Waals surface area contributed by atoms with Crippen LogP contribution in [0.15, 0.2) is 28.7 Å². The van der Waals surface area contributed by atoms with Crippen LogP contribution in [0.5, 0.6) is 5.75 Å². The van der Waals surface area contributed by atoms with Gasteiger partial charge in [0.2, 0.25) is 0 Å². The predicted molar refractivity (Wildman–Crippen MR) is 91.5 cm³/mol. The van der Waals surface area contributed by atoms with Gasteiger partial charge in [0, 0.05) is 0 Å². The molecule has 1 aromatic heterocycles. The van der Waals surface area contributed by atoms with Crippen LogP contribution in [0.2, 0.25) is 0 Å². The maximum Gasteiger partial charge on any atom is 0.118 e. The lowest BCUT2D eigenvalue weighted by Gasteiger charge is -2.61. The Hall–Kier alpha value is -1.33. The van der Waals surface area contributed by atoms with E-state index >= 15 is 0 Å². The molecule has 0 unspecified atom stereocenters. The van der Waals surface area contributed by atoms with E-state index < -0.39 is 0 Å². The molecule has 0 saturated heterocycles. The lowest BCUT2D eigenvalue weighted by molar-refractivity contribution is -0.102. The minimum Gasteiger partial charge on any atom is -0.497 e. The van der Waals surface area contributed by atoms with Crippen molar-refractivity contribution in [2.45, 2.75) is 44.9 Å². The van der Waals surface area contributed by atoms with Gasteiger partial charge >= 0.3 is 0 Å². The highest BCUT2D eigenvalue weighted by molar-refractivity contribution is 9.10. The average Bonchev–Trinajstić information content (AvgIpc) is 2.73. The van der Waals surface area contributed by atoms with Crippen molar-refractivity contribution in [3.05, 3.63) is 45.7 Å². The topological polar surface area (TPSA) is 36.3 Å². The first-order valence-corrected chi connectivity index (χ1v) is 8.86. The van der Waals surface area contributed by atoms with E-state index in [0.717, 1.165) is 27.4 Å². The fourth-order valence-electron chi connectivity index (χ4n) is 3.75. The zero-order chi connectivity index (χ0) is 16.0. The third kappa shape index (κ3) is 2.50. The molecule has 5 heteroatoms. The second kappa shape index (κ2) is 5.64. The van der Waals surface area contributed by atoms with Gasteiger partial charge in [-0.05, 0) is 65.7 Å². The molecule has 3 aliphatic rings. The van der Waals surface area contributed by atoms with Crippen LogP contribution in [-0.2, 0) is 23.5 Å². The number of aryl methyl sites for hydroxylation is 1. The van der Waals surface area contributed by atoms with Gasteiger partial charge in [-0.15, -0.1) is 0 Å². The van der Waals surface area contributed by atoms with Gasteiger partial charge in [-0.3, -0.25) is 4.68 Å². The number of ether oxygens (including phenoxy) is 2. The smallest absolute Gasteiger partial charge is 0.118 e. The third-order valence-corrected chi connectivity index (χ3v) is 6.23. The SMILES string of the molecule is COc1ccc(COCc2c(Br)c(C)nn2C23CC(C2)C3)cc1. The molecule has 3 saturated carbocycles. The van der Waals surface area contributed by atoms with E-state index in [1.54, 1.807) is 7.11 Å². The van der Waals surface area contributed by atoms with E-state index in [1.807, 2.05) is 24.3 Å². The summed E-state index contributed by atoms with van der Waals surface area (Å²) in [7, 11) is 1.68. The Kier molecular flexibility index (Phi) is 3.73. The zero-order valence-electron chi connectivity index (χ0n) is 13.5. The number of hydrogen-bond acceptors (Lipinski definition) is 3. The minimum atomic E-state index is 0.292. The van der Waals surface area contributed by atoms with Crippen LogP contribution in [-0.4, -0.2) is 16.9 Å². The van der Waals surface area contributed by atoms with Crippen molar-refractivity contribution in [1.29, 1.82) is 0 Å². The first kappa shape index (κ1) is 15.2. The molecule has 1 heterocycles. The highest BCUT2D eigenvalue weighted by Gasteiger charge is 2.59. The number of halogens is 1. The second-order valence-corrected chi connectivity index (χ2v) is 7.59. The molecule has 0 spiro atoms. The molecule has 122 valence electrons. The van der Waals surface area contributed by atoms with Gasteiger partial charge in [0.15, 0.2) is 0 Å². The summed E-state index contributed by atoms with van der Waals surface area (Å²) in [5.74, 6) is 1.81. The standard InChI is InChI=1S/C18H21BrN2O2/c1-12-17(19)16(21(20-12)18-7-14(8-18)9-18)11-23-10-13-3-5-15(22-2)6-4-13/h3-6,14H,7-11H2,1-2H3. The minimum absolute atomic E-state index is 0.292. The van der Waals surface area contributed by atoms with Crippen molar-refractivity contribution >= 4 is 15.9 Å². The van der Waals surface area contributed by atoms with Crippen LogP contribution in [0.1, 0.15) is 36.2 Å². The van der Waals surface area contributed by atoms with Crippen LogP contribution in [0.25, 0.3) is 0 Å². The van der Waals surface area contributed by atoms with E-state index in [1.165, 1.54) is 25.0 Å². The second-order valence-electron chi connectivity index (χ2n) is 6.80. The summed E-state index contributed by atoms with van der Waals surface area (Å²) in [6.07, 6.45) is 3.85. The molecule has 1 aromatic carbocycles. The van der Waals surface area contributed by atoms with Crippen molar-refractivity contribution in [2.24, 2.45) is 5.92 Å². The number of benzene rings is 1. The molecule has 2 bridgehead atoms. The zero-order valence-corrected chi connectivity index (χ0v) is 15.1. The third-order valence-electron chi connectivity index (χ3n) is 5.20. The molecule has 0 amide bonds.